The number of para-hydroxylation sites is 2. The molecule has 4 nitrogen and oxygen atoms in total. The fraction of sp³-hybridized carbons (Fsp3) is 0.0789. The van der Waals surface area contributed by atoms with E-state index in [1.54, 1.807) is 6.20 Å². The molecular weight excluding hydrogens is 623 g/mol. The molecule has 0 N–H and O–H groups in total. The second-order valence-electron chi connectivity index (χ2n) is 11.0. The molecule has 0 unspecified atom stereocenters. The molecule has 2 aromatic heterocycles. The number of nitrogens with zero attached hydrogens (tertiary/aromatic N) is 2. The van der Waals surface area contributed by atoms with Crippen LogP contribution in [0.4, 0.5) is 17.1 Å². The normalized spacial score (nSPS) is 13.3. The van der Waals surface area contributed by atoms with Crippen molar-refractivity contribution in [3.8, 4) is 22.8 Å². The van der Waals surface area contributed by atoms with Gasteiger partial charge in [-0.1, -0.05) is 61.6 Å². The largest absolute Gasteiger partial charge is 0.503 e. The van der Waals surface area contributed by atoms with Crippen molar-refractivity contribution in [3.05, 3.63) is 145 Å². The summed E-state index contributed by atoms with van der Waals surface area (Å²) in [7, 11) is 0. The summed E-state index contributed by atoms with van der Waals surface area (Å²) in [6.45, 7) is 4.56. The van der Waals surface area contributed by atoms with Crippen LogP contribution in [0.5, 0.6) is 11.5 Å². The average molecular weight is 648 g/mol. The second-order valence-corrected chi connectivity index (χ2v) is 11.0. The molecule has 43 heavy (non-hydrogen) atoms. The predicted molar refractivity (Wildman–Crippen MR) is 167 cm³/mol. The van der Waals surface area contributed by atoms with Crippen LogP contribution in [0.15, 0.2) is 120 Å². The number of pyridine rings is 1. The zero-order chi connectivity index (χ0) is 28.3. The molecule has 0 radical (unpaired) electrons. The molecule has 212 valence electrons. The van der Waals surface area contributed by atoms with Gasteiger partial charge in [0.15, 0.2) is 0 Å². The van der Waals surface area contributed by atoms with Crippen molar-refractivity contribution in [1.82, 2.24) is 4.98 Å². The number of fused-ring (bicyclic) bond motifs is 6. The first kappa shape index (κ1) is 27.2. The molecule has 0 aliphatic carbocycles. The summed E-state index contributed by atoms with van der Waals surface area (Å²) in [4.78, 5) is 6.69. The molecule has 8 rings (SSSR count). The Labute approximate surface area is 264 Å². The number of hydrogen-bond donors (Lipinski definition) is 0. The van der Waals surface area contributed by atoms with Gasteiger partial charge in [0.2, 0.25) is 0 Å². The first-order valence-electron chi connectivity index (χ1n) is 14.0. The van der Waals surface area contributed by atoms with Crippen LogP contribution in [-0.4, -0.2) is 4.98 Å². The smallest absolute Gasteiger partial charge is 0.135 e. The number of ether oxygens (including phenoxy) is 1. The van der Waals surface area contributed by atoms with Crippen LogP contribution in [0.3, 0.4) is 0 Å². The molecule has 0 spiro atoms. The number of hydrogen-bond acceptors (Lipinski definition) is 4. The van der Waals surface area contributed by atoms with Crippen molar-refractivity contribution >= 4 is 39.0 Å². The molecule has 0 saturated heterocycles. The Hall–Kier alpha value is -4.69. The van der Waals surface area contributed by atoms with Crippen molar-refractivity contribution in [2.75, 3.05) is 4.90 Å². The summed E-state index contributed by atoms with van der Waals surface area (Å²) in [5.41, 5.74) is 8.54. The summed E-state index contributed by atoms with van der Waals surface area (Å²) < 4.78 is 12.6. The molecular formula is C38H25N2O2Pd-3. The Morgan fingerprint density at radius 1 is 0.767 bits per heavy atom. The van der Waals surface area contributed by atoms with E-state index in [1.807, 2.05) is 66.7 Å². The summed E-state index contributed by atoms with van der Waals surface area (Å²) in [6, 6.07) is 46.8. The third-order valence-electron chi connectivity index (χ3n) is 8.04. The van der Waals surface area contributed by atoms with Crippen molar-refractivity contribution < 1.29 is 29.6 Å². The van der Waals surface area contributed by atoms with Crippen LogP contribution in [-0.2, 0) is 25.8 Å². The third kappa shape index (κ3) is 4.44. The Kier molecular flexibility index (Phi) is 6.66. The van der Waals surface area contributed by atoms with E-state index in [9.17, 15) is 0 Å². The molecule has 1 aliphatic heterocycles. The molecule has 5 aromatic carbocycles. The Balaban J connectivity index is 0.00000300. The quantitative estimate of drug-likeness (QED) is 0.141. The number of anilines is 3. The second kappa shape index (κ2) is 10.5. The molecule has 0 saturated carbocycles. The summed E-state index contributed by atoms with van der Waals surface area (Å²) in [6.07, 6.45) is 1.78. The number of aromatic nitrogens is 1. The molecule has 5 heteroatoms. The van der Waals surface area contributed by atoms with Gasteiger partial charge in [-0.05, 0) is 40.9 Å². The van der Waals surface area contributed by atoms with E-state index in [0.717, 1.165) is 50.3 Å². The van der Waals surface area contributed by atoms with Crippen LogP contribution >= 0.6 is 0 Å². The van der Waals surface area contributed by atoms with Gasteiger partial charge in [-0.2, -0.15) is 30.3 Å². The standard InChI is InChI=1S/C38H25N2O2.Pd/c1-38(2)30-16-4-5-18-32(30)40(33-20-21-35-36(37(33)38)29-15-3-6-19-34(29)42-35)26-12-10-14-28(24-26)41-27-13-9-11-25(23-27)31-17-7-8-22-39-31;/h3-17,19-22H,1-2H3;/q-3;. The monoisotopic (exact) mass is 647 g/mol. The van der Waals surface area contributed by atoms with Gasteiger partial charge < -0.3 is 19.0 Å². The number of furan rings is 1. The summed E-state index contributed by atoms with van der Waals surface area (Å²) in [5.74, 6) is 1.20. The third-order valence-corrected chi connectivity index (χ3v) is 8.04. The maximum absolute atomic E-state index is 6.31. The van der Waals surface area contributed by atoms with Gasteiger partial charge in [0, 0.05) is 54.6 Å². The first-order valence-corrected chi connectivity index (χ1v) is 14.0. The number of rotatable bonds is 4. The van der Waals surface area contributed by atoms with E-state index >= 15 is 0 Å². The van der Waals surface area contributed by atoms with Crippen LogP contribution in [0, 0.1) is 18.2 Å². The van der Waals surface area contributed by atoms with E-state index in [0.29, 0.717) is 11.5 Å². The average Bonchev–Trinajstić information content (AvgIpc) is 3.41. The minimum Gasteiger partial charge on any atom is -0.503 e. The van der Waals surface area contributed by atoms with Gasteiger partial charge in [-0.25, -0.2) is 0 Å². The van der Waals surface area contributed by atoms with Gasteiger partial charge in [0.1, 0.15) is 11.2 Å². The van der Waals surface area contributed by atoms with Gasteiger partial charge >= 0.3 is 0 Å². The van der Waals surface area contributed by atoms with Crippen molar-refractivity contribution in [2.24, 2.45) is 0 Å². The Bertz CT molecular complexity index is 2120. The maximum Gasteiger partial charge on any atom is 0.135 e. The van der Waals surface area contributed by atoms with Gasteiger partial charge in [-0.3, -0.25) is 0 Å². The Morgan fingerprint density at radius 3 is 2.44 bits per heavy atom. The fourth-order valence-electron chi connectivity index (χ4n) is 6.17. The molecule has 3 heterocycles. The maximum atomic E-state index is 6.31. The molecule has 0 atom stereocenters. The van der Waals surface area contributed by atoms with E-state index < -0.39 is 0 Å². The zero-order valence-corrected chi connectivity index (χ0v) is 25.1. The van der Waals surface area contributed by atoms with Crippen LogP contribution in [0.1, 0.15) is 25.0 Å². The van der Waals surface area contributed by atoms with Crippen LogP contribution in [0.2, 0.25) is 0 Å². The van der Waals surface area contributed by atoms with Crippen molar-refractivity contribution in [1.29, 1.82) is 0 Å². The van der Waals surface area contributed by atoms with E-state index in [1.165, 1.54) is 11.1 Å². The van der Waals surface area contributed by atoms with Gasteiger partial charge in [0.25, 0.3) is 0 Å². The minimum atomic E-state index is -0.292. The molecule has 0 bridgehead atoms. The van der Waals surface area contributed by atoms with E-state index in [2.05, 4.69) is 84.4 Å². The molecule has 7 aromatic rings. The first-order chi connectivity index (χ1) is 20.6. The fourth-order valence-corrected chi connectivity index (χ4v) is 6.17. The molecule has 0 fully saturated rings. The van der Waals surface area contributed by atoms with Crippen molar-refractivity contribution in [2.45, 2.75) is 19.3 Å². The Morgan fingerprint density at radius 2 is 1.58 bits per heavy atom. The number of benzene rings is 5. The summed E-state index contributed by atoms with van der Waals surface area (Å²) >= 11 is 0. The SMILES string of the molecule is CC1(C)c2ccc[c-]c2N(c2[c-]c(Oc3[c-]c(-c4ccccn4)ccc3)ccc2)c2ccc3oc4ccccc4c3c21.[Pd]. The minimum absolute atomic E-state index is 0. The van der Waals surface area contributed by atoms with Crippen LogP contribution in [0.25, 0.3) is 33.2 Å². The van der Waals surface area contributed by atoms with Gasteiger partial charge in [-0.15, -0.1) is 47.5 Å². The summed E-state index contributed by atoms with van der Waals surface area (Å²) in [5, 5.41) is 2.26. The molecule has 0 amide bonds. The molecule has 1 aliphatic rings. The topological polar surface area (TPSA) is 38.5 Å². The van der Waals surface area contributed by atoms with E-state index in [-0.39, 0.29) is 25.8 Å². The van der Waals surface area contributed by atoms with Crippen molar-refractivity contribution in [3.63, 3.8) is 0 Å². The predicted octanol–water partition coefficient (Wildman–Crippen LogP) is 9.95. The zero-order valence-electron chi connectivity index (χ0n) is 23.5. The van der Waals surface area contributed by atoms with Gasteiger partial charge in [0.05, 0.1) is 0 Å². The van der Waals surface area contributed by atoms with Crippen LogP contribution < -0.4 is 9.64 Å². The van der Waals surface area contributed by atoms with E-state index in [4.69, 9.17) is 9.15 Å².